The maximum atomic E-state index is 8.30. The second-order valence-corrected chi connectivity index (χ2v) is 8.93. The van der Waals surface area contributed by atoms with Gasteiger partial charge in [-0.25, -0.2) is 0 Å². The SMILES string of the molecule is N#CSCCCS[SiH]1CCCCO1. The predicted molar refractivity (Wildman–Crippen MR) is 62.3 cm³/mol. The second kappa shape index (κ2) is 7.74. The lowest BCUT2D eigenvalue weighted by Gasteiger charge is -2.20. The minimum atomic E-state index is -0.853. The topological polar surface area (TPSA) is 33.0 Å². The van der Waals surface area contributed by atoms with Gasteiger partial charge >= 0.3 is 0 Å². The molecule has 0 spiro atoms. The lowest BCUT2D eigenvalue weighted by atomic mass is 10.4. The van der Waals surface area contributed by atoms with Gasteiger partial charge in [0.2, 0.25) is 8.19 Å². The van der Waals surface area contributed by atoms with E-state index in [1.165, 1.54) is 36.4 Å². The van der Waals surface area contributed by atoms with Crippen molar-refractivity contribution >= 4 is 31.2 Å². The van der Waals surface area contributed by atoms with Gasteiger partial charge in [-0.3, -0.25) is 0 Å². The van der Waals surface area contributed by atoms with Crippen LogP contribution in [-0.4, -0.2) is 26.3 Å². The molecule has 74 valence electrons. The van der Waals surface area contributed by atoms with E-state index in [9.17, 15) is 0 Å². The van der Waals surface area contributed by atoms with Gasteiger partial charge in [0.15, 0.2) is 0 Å². The van der Waals surface area contributed by atoms with Crippen LogP contribution in [0.3, 0.4) is 0 Å². The zero-order valence-corrected chi connectivity index (χ0v) is 10.5. The Kier molecular flexibility index (Phi) is 6.81. The standard InChI is InChI=1S/C8H15NOS2Si/c9-8-11-5-3-6-12-13-7-2-1-4-10-13/h13H,1-7H2. The predicted octanol–water partition coefficient (Wildman–Crippen LogP) is 2.35. The Bertz CT molecular complexity index is 168. The highest BCUT2D eigenvalue weighted by atomic mass is 32.4. The maximum Gasteiger partial charge on any atom is 0.238 e. The van der Waals surface area contributed by atoms with E-state index in [4.69, 9.17) is 9.69 Å². The van der Waals surface area contributed by atoms with Crippen LogP contribution in [0.5, 0.6) is 0 Å². The number of hydrogen-bond acceptors (Lipinski definition) is 4. The van der Waals surface area contributed by atoms with Gasteiger partial charge in [0.05, 0.1) is 0 Å². The van der Waals surface area contributed by atoms with Crippen molar-refractivity contribution in [2.24, 2.45) is 0 Å². The molecule has 0 aromatic carbocycles. The molecule has 1 heterocycles. The summed E-state index contributed by atoms with van der Waals surface area (Å²) in [5, 5.41) is 10.4. The van der Waals surface area contributed by atoms with E-state index in [-0.39, 0.29) is 0 Å². The molecule has 1 rings (SSSR count). The number of rotatable bonds is 5. The summed E-state index contributed by atoms with van der Waals surface area (Å²) in [5.41, 5.74) is 0. The molecule has 0 aromatic heterocycles. The molecule has 0 radical (unpaired) electrons. The highest BCUT2D eigenvalue weighted by Gasteiger charge is 2.15. The summed E-state index contributed by atoms with van der Waals surface area (Å²) < 4.78 is 5.71. The van der Waals surface area contributed by atoms with Crippen molar-refractivity contribution in [1.29, 1.82) is 5.26 Å². The van der Waals surface area contributed by atoms with Gasteiger partial charge in [0, 0.05) is 12.4 Å². The molecule has 1 saturated heterocycles. The van der Waals surface area contributed by atoms with Crippen molar-refractivity contribution in [2.75, 3.05) is 18.1 Å². The van der Waals surface area contributed by atoms with Crippen LogP contribution in [0, 0.1) is 10.7 Å². The van der Waals surface area contributed by atoms with E-state index in [0.717, 1.165) is 18.8 Å². The molecule has 1 fully saturated rings. The van der Waals surface area contributed by atoms with Gasteiger partial charge in [-0.1, -0.05) is 6.42 Å². The van der Waals surface area contributed by atoms with Crippen molar-refractivity contribution in [1.82, 2.24) is 0 Å². The fourth-order valence-corrected chi connectivity index (χ4v) is 6.72. The van der Waals surface area contributed by atoms with Gasteiger partial charge in [0.25, 0.3) is 0 Å². The molecule has 1 aliphatic heterocycles. The van der Waals surface area contributed by atoms with E-state index in [0.29, 0.717) is 0 Å². The van der Waals surface area contributed by atoms with Gasteiger partial charge < -0.3 is 4.43 Å². The average Bonchev–Trinajstić information content (AvgIpc) is 2.19. The summed E-state index contributed by atoms with van der Waals surface area (Å²) >= 11 is 3.40. The van der Waals surface area contributed by atoms with Crippen LogP contribution in [0.25, 0.3) is 0 Å². The van der Waals surface area contributed by atoms with Crippen molar-refractivity contribution in [3.05, 3.63) is 0 Å². The fourth-order valence-electron chi connectivity index (χ4n) is 1.23. The lowest BCUT2D eigenvalue weighted by molar-refractivity contribution is 0.300. The minimum Gasteiger partial charge on any atom is -0.410 e. The van der Waals surface area contributed by atoms with Crippen LogP contribution in [0.4, 0.5) is 0 Å². The zero-order chi connectivity index (χ0) is 9.36. The van der Waals surface area contributed by atoms with Crippen LogP contribution < -0.4 is 0 Å². The average molecular weight is 233 g/mol. The van der Waals surface area contributed by atoms with Crippen molar-refractivity contribution in [3.63, 3.8) is 0 Å². The first kappa shape index (κ1) is 11.4. The number of thiocyanates is 1. The molecule has 5 heteroatoms. The highest BCUT2D eigenvalue weighted by Crippen LogP contribution is 2.21. The fraction of sp³-hybridized carbons (Fsp3) is 0.875. The molecular weight excluding hydrogens is 218 g/mol. The Morgan fingerprint density at radius 1 is 1.38 bits per heavy atom. The van der Waals surface area contributed by atoms with Crippen molar-refractivity contribution in [3.8, 4) is 5.40 Å². The Labute approximate surface area is 89.8 Å². The first-order chi connectivity index (χ1) is 6.43. The summed E-state index contributed by atoms with van der Waals surface area (Å²) in [4.78, 5) is 0. The third-order valence-corrected chi connectivity index (χ3v) is 7.84. The molecule has 0 saturated carbocycles. The maximum absolute atomic E-state index is 8.30. The monoisotopic (exact) mass is 233 g/mol. The lowest BCUT2D eigenvalue weighted by Crippen LogP contribution is -2.20. The summed E-state index contributed by atoms with van der Waals surface area (Å²) in [6.07, 6.45) is 3.78. The first-order valence-corrected chi connectivity index (χ1v) is 9.41. The molecule has 2 nitrogen and oxygen atoms in total. The Balaban J connectivity index is 1.90. The van der Waals surface area contributed by atoms with Crippen LogP contribution in [0.15, 0.2) is 0 Å². The Morgan fingerprint density at radius 3 is 3.00 bits per heavy atom. The molecule has 1 aliphatic rings. The van der Waals surface area contributed by atoms with Crippen molar-refractivity contribution in [2.45, 2.75) is 25.3 Å². The molecule has 0 N–H and O–H groups in total. The van der Waals surface area contributed by atoms with Crippen LogP contribution in [-0.2, 0) is 4.43 Å². The number of thioether (sulfide) groups is 1. The van der Waals surface area contributed by atoms with Gasteiger partial charge in [0.1, 0.15) is 5.40 Å². The highest BCUT2D eigenvalue weighted by molar-refractivity contribution is 8.24. The van der Waals surface area contributed by atoms with Gasteiger partial charge in [-0.2, -0.15) is 16.5 Å². The molecule has 0 aromatic rings. The quantitative estimate of drug-likeness (QED) is 0.415. The van der Waals surface area contributed by atoms with Crippen molar-refractivity contribution < 1.29 is 4.43 Å². The normalized spacial score (nSPS) is 22.5. The number of hydrogen-bond donors (Lipinski definition) is 0. The third-order valence-electron chi connectivity index (χ3n) is 1.90. The largest absolute Gasteiger partial charge is 0.410 e. The van der Waals surface area contributed by atoms with E-state index >= 15 is 0 Å². The van der Waals surface area contributed by atoms with E-state index in [1.54, 1.807) is 0 Å². The molecule has 1 atom stereocenters. The zero-order valence-electron chi connectivity index (χ0n) is 7.70. The summed E-state index contributed by atoms with van der Waals surface area (Å²) in [7, 11) is -0.853. The van der Waals surface area contributed by atoms with Crippen LogP contribution in [0.1, 0.15) is 19.3 Å². The first-order valence-electron chi connectivity index (χ1n) is 4.67. The molecule has 0 aliphatic carbocycles. The van der Waals surface area contributed by atoms with Gasteiger partial charge in [-0.15, -0.1) is 0 Å². The van der Waals surface area contributed by atoms with E-state index in [1.807, 2.05) is 11.2 Å². The van der Waals surface area contributed by atoms with Gasteiger partial charge in [-0.05, 0) is 36.4 Å². The molecule has 0 amide bonds. The second-order valence-electron chi connectivity index (χ2n) is 2.96. The molecule has 0 bridgehead atoms. The molecule has 1 unspecified atom stereocenters. The smallest absolute Gasteiger partial charge is 0.238 e. The van der Waals surface area contributed by atoms with E-state index < -0.39 is 8.19 Å². The van der Waals surface area contributed by atoms with E-state index in [2.05, 4.69) is 5.40 Å². The third kappa shape index (κ3) is 5.63. The summed E-state index contributed by atoms with van der Waals surface area (Å²) in [6, 6.07) is 1.34. The molecular formula is C8H15NOS2Si. The van der Waals surface area contributed by atoms with Crippen LogP contribution in [0.2, 0.25) is 6.04 Å². The number of nitrogens with zero attached hydrogens (tertiary/aromatic N) is 1. The number of nitriles is 1. The summed E-state index contributed by atoms with van der Waals surface area (Å²) in [5.74, 6) is 2.16. The Hall–Kier alpha value is 0.367. The minimum absolute atomic E-state index is 0.853. The Morgan fingerprint density at radius 2 is 2.31 bits per heavy atom. The summed E-state index contributed by atoms with van der Waals surface area (Å²) in [6.45, 7) is 0.997. The van der Waals surface area contributed by atoms with Crippen LogP contribution >= 0.6 is 23.0 Å². The molecule has 13 heavy (non-hydrogen) atoms.